The summed E-state index contributed by atoms with van der Waals surface area (Å²) >= 11 is 0. The van der Waals surface area contributed by atoms with E-state index in [1.807, 2.05) is 30.3 Å². The van der Waals surface area contributed by atoms with Gasteiger partial charge in [0.25, 0.3) is 0 Å². The Morgan fingerprint density at radius 2 is 1.74 bits per heavy atom. The van der Waals surface area contributed by atoms with Gasteiger partial charge in [-0.2, -0.15) is 0 Å². The second-order valence-corrected chi connectivity index (χ2v) is 6.09. The van der Waals surface area contributed by atoms with E-state index in [2.05, 4.69) is 20.8 Å². The first-order valence-electron chi connectivity index (χ1n) is 6.66. The van der Waals surface area contributed by atoms with Crippen LogP contribution in [0.2, 0.25) is 0 Å². The maximum Gasteiger partial charge on any atom is 1.00 e. The van der Waals surface area contributed by atoms with Crippen molar-refractivity contribution in [2.24, 2.45) is 5.41 Å². The Labute approximate surface area is 137 Å². The molecule has 0 aromatic heterocycles. The van der Waals surface area contributed by atoms with Crippen LogP contribution in [0.4, 0.5) is 0 Å². The Hall–Kier alpha value is -0.375. The molecule has 0 bridgehead atoms. The normalized spacial score (nSPS) is 12.6. The topological polar surface area (TPSA) is 40.1 Å². The molecule has 0 N–H and O–H groups in total. The quantitative estimate of drug-likeness (QED) is 0.496. The fourth-order valence-electron chi connectivity index (χ4n) is 2.11. The first-order chi connectivity index (χ1) is 8.40. The number of aliphatic carboxylic acids is 1. The molecule has 0 aliphatic carbocycles. The fraction of sp³-hybridized carbons (Fsp3) is 0.562. The SMILES string of the molecule is CC(C)(C)CCCCC(C(=O)[O-])c1ccccc1.[Hg+]. The average molecular weight is 448 g/mol. The minimum absolute atomic E-state index is 0. The number of benzene rings is 1. The second kappa shape index (κ2) is 8.73. The Morgan fingerprint density at radius 3 is 2.21 bits per heavy atom. The standard InChI is InChI=1S/C16H24O2.Hg/c1-16(2,3)12-8-7-11-14(15(17)18)13-9-5-4-6-10-13;/h4-6,9-10,14H,7-8,11-12H2,1-3H3,(H,17,18);/q;+1/p-1. The monoisotopic (exact) mass is 449 g/mol. The van der Waals surface area contributed by atoms with E-state index in [4.69, 9.17) is 0 Å². The van der Waals surface area contributed by atoms with Crippen molar-refractivity contribution in [2.75, 3.05) is 0 Å². The Bertz CT molecular complexity index is 368. The van der Waals surface area contributed by atoms with E-state index < -0.39 is 11.9 Å². The van der Waals surface area contributed by atoms with Crippen LogP contribution in [0.1, 0.15) is 57.9 Å². The summed E-state index contributed by atoms with van der Waals surface area (Å²) in [5.74, 6) is -1.43. The fourth-order valence-corrected chi connectivity index (χ4v) is 2.11. The van der Waals surface area contributed by atoms with Crippen LogP contribution in [-0.4, -0.2) is 5.97 Å². The summed E-state index contributed by atoms with van der Waals surface area (Å²) in [6.07, 6.45) is 3.80. The van der Waals surface area contributed by atoms with Crippen LogP contribution in [0.25, 0.3) is 0 Å². The van der Waals surface area contributed by atoms with Gasteiger partial charge in [0.05, 0.1) is 0 Å². The molecule has 0 fully saturated rings. The van der Waals surface area contributed by atoms with Crippen LogP contribution < -0.4 is 5.11 Å². The molecule has 2 nitrogen and oxygen atoms in total. The van der Waals surface area contributed by atoms with E-state index in [1.54, 1.807) is 0 Å². The zero-order valence-electron chi connectivity index (χ0n) is 12.3. The van der Waals surface area contributed by atoms with E-state index >= 15 is 0 Å². The number of rotatable bonds is 6. The molecule has 0 heterocycles. The smallest absolute Gasteiger partial charge is 0.549 e. The van der Waals surface area contributed by atoms with Crippen molar-refractivity contribution < 1.29 is 37.6 Å². The summed E-state index contributed by atoms with van der Waals surface area (Å²) in [4.78, 5) is 11.2. The third-order valence-electron chi connectivity index (χ3n) is 3.16. The van der Waals surface area contributed by atoms with Gasteiger partial charge in [-0.25, -0.2) is 0 Å². The average Bonchev–Trinajstić information content (AvgIpc) is 2.28. The molecular weight excluding hydrogens is 425 g/mol. The third-order valence-corrected chi connectivity index (χ3v) is 3.16. The summed E-state index contributed by atoms with van der Waals surface area (Å²) in [5.41, 5.74) is 1.18. The van der Waals surface area contributed by atoms with Gasteiger partial charge in [-0.1, -0.05) is 63.9 Å². The van der Waals surface area contributed by atoms with Crippen molar-refractivity contribution in [1.29, 1.82) is 0 Å². The van der Waals surface area contributed by atoms with Crippen LogP contribution in [0, 0.1) is 5.41 Å². The van der Waals surface area contributed by atoms with Crippen molar-refractivity contribution >= 4 is 5.97 Å². The number of hydrogen-bond acceptors (Lipinski definition) is 2. The predicted octanol–water partition coefficient (Wildman–Crippen LogP) is 3.12. The maximum atomic E-state index is 11.2. The van der Waals surface area contributed by atoms with Crippen LogP contribution in [-0.2, 0) is 32.5 Å². The van der Waals surface area contributed by atoms with Gasteiger partial charge in [-0.3, -0.25) is 0 Å². The summed E-state index contributed by atoms with van der Waals surface area (Å²) in [7, 11) is 0. The molecule has 1 radical (unpaired) electrons. The molecule has 0 saturated heterocycles. The minimum atomic E-state index is -0.961. The molecular formula is C16H23HgO2. The summed E-state index contributed by atoms with van der Waals surface area (Å²) in [6, 6.07) is 9.38. The zero-order chi connectivity index (χ0) is 13.6. The van der Waals surface area contributed by atoms with Crippen molar-refractivity contribution in [1.82, 2.24) is 0 Å². The molecule has 0 spiro atoms. The molecule has 0 aliphatic heterocycles. The van der Waals surface area contributed by atoms with E-state index in [0.29, 0.717) is 11.8 Å². The van der Waals surface area contributed by atoms with Crippen LogP contribution in [0.3, 0.4) is 0 Å². The molecule has 1 atom stereocenters. The molecule has 3 heteroatoms. The first-order valence-corrected chi connectivity index (χ1v) is 6.66. The van der Waals surface area contributed by atoms with Crippen molar-refractivity contribution in [3.8, 4) is 0 Å². The summed E-state index contributed by atoms with van der Waals surface area (Å²) < 4.78 is 0. The molecule has 1 aromatic carbocycles. The number of carboxylic acids is 1. The number of unbranched alkanes of at least 4 members (excludes halogenated alkanes) is 1. The molecule has 1 rings (SSSR count). The molecule has 101 valence electrons. The van der Waals surface area contributed by atoms with Gasteiger partial charge in [0.15, 0.2) is 0 Å². The number of carbonyl (C=O) groups is 1. The maximum absolute atomic E-state index is 11.2. The van der Waals surface area contributed by atoms with Gasteiger partial charge in [-0.05, 0) is 23.8 Å². The van der Waals surface area contributed by atoms with Crippen LogP contribution in [0.5, 0.6) is 0 Å². The number of carbonyl (C=O) groups excluding carboxylic acids is 1. The second-order valence-electron chi connectivity index (χ2n) is 6.09. The van der Waals surface area contributed by atoms with Gasteiger partial charge < -0.3 is 9.90 Å². The minimum Gasteiger partial charge on any atom is -0.549 e. The molecule has 19 heavy (non-hydrogen) atoms. The van der Waals surface area contributed by atoms with E-state index in [0.717, 1.165) is 24.8 Å². The van der Waals surface area contributed by atoms with Gasteiger partial charge >= 0.3 is 27.7 Å². The predicted molar refractivity (Wildman–Crippen MR) is 72.1 cm³/mol. The zero-order valence-corrected chi connectivity index (χ0v) is 17.8. The Kier molecular flexibility index (Phi) is 8.56. The molecule has 0 amide bonds. The van der Waals surface area contributed by atoms with Crippen molar-refractivity contribution in [2.45, 2.75) is 52.4 Å². The third kappa shape index (κ3) is 7.71. The number of carboxylic acid groups (broad SMARTS) is 1. The van der Waals surface area contributed by atoms with Crippen LogP contribution in [0.15, 0.2) is 30.3 Å². The molecule has 1 aromatic rings. The molecule has 0 saturated carbocycles. The first kappa shape index (κ1) is 18.6. The summed E-state index contributed by atoms with van der Waals surface area (Å²) in [6.45, 7) is 6.63. The number of hydrogen-bond donors (Lipinski definition) is 0. The Morgan fingerprint density at radius 1 is 1.16 bits per heavy atom. The van der Waals surface area contributed by atoms with Crippen molar-refractivity contribution in [3.05, 3.63) is 35.9 Å². The van der Waals surface area contributed by atoms with Gasteiger partial charge in [0, 0.05) is 11.9 Å². The largest absolute Gasteiger partial charge is 1.00 e. The van der Waals surface area contributed by atoms with E-state index in [1.165, 1.54) is 0 Å². The van der Waals surface area contributed by atoms with Gasteiger partial charge in [-0.15, -0.1) is 0 Å². The van der Waals surface area contributed by atoms with Gasteiger partial charge in [0.1, 0.15) is 0 Å². The van der Waals surface area contributed by atoms with Gasteiger partial charge in [0.2, 0.25) is 0 Å². The summed E-state index contributed by atoms with van der Waals surface area (Å²) in [5, 5.41) is 11.2. The van der Waals surface area contributed by atoms with Crippen molar-refractivity contribution in [3.63, 3.8) is 0 Å². The Balaban J connectivity index is 0.00000324. The molecule has 0 aliphatic rings. The van der Waals surface area contributed by atoms with E-state index in [9.17, 15) is 9.90 Å². The van der Waals surface area contributed by atoms with Crippen LogP contribution >= 0.6 is 0 Å². The van der Waals surface area contributed by atoms with E-state index in [-0.39, 0.29) is 27.7 Å². The molecule has 1 unspecified atom stereocenters.